The molecule has 112 valence electrons. The van der Waals surface area contributed by atoms with Crippen LogP contribution >= 0.6 is 23.6 Å². The van der Waals surface area contributed by atoms with E-state index in [0.29, 0.717) is 17.4 Å². The zero-order chi connectivity index (χ0) is 15.4. The number of rotatable bonds is 6. The van der Waals surface area contributed by atoms with Gasteiger partial charge in [0.25, 0.3) is 0 Å². The van der Waals surface area contributed by atoms with Gasteiger partial charge in [-0.2, -0.15) is 5.10 Å². The first-order valence-corrected chi connectivity index (χ1v) is 8.18. The second-order valence-corrected chi connectivity index (χ2v) is 6.01. The zero-order valence-electron chi connectivity index (χ0n) is 12.4. The highest BCUT2D eigenvalue weighted by atomic mass is 32.1. The maximum atomic E-state index is 5.91. The van der Waals surface area contributed by atoms with Gasteiger partial charge in [-0.25, -0.2) is 4.98 Å². The van der Waals surface area contributed by atoms with Crippen LogP contribution in [0.15, 0.2) is 5.51 Å². The highest BCUT2D eigenvalue weighted by Crippen LogP contribution is 2.22. The lowest BCUT2D eigenvalue weighted by Gasteiger charge is -2.15. The van der Waals surface area contributed by atoms with E-state index in [0.717, 1.165) is 35.4 Å². The summed E-state index contributed by atoms with van der Waals surface area (Å²) in [5.41, 5.74) is 11.6. The van der Waals surface area contributed by atoms with E-state index in [1.807, 2.05) is 12.4 Å². The van der Waals surface area contributed by atoms with Crippen LogP contribution in [0.25, 0.3) is 0 Å². The van der Waals surface area contributed by atoms with Crippen molar-refractivity contribution in [1.82, 2.24) is 15.2 Å². The molecule has 0 saturated carbocycles. The standard InChI is InChI=1S/C14H19N5S2/c1-4-9-10(5-2)18-19-14(12(9)13(15)20)16-6-11-8(3)17-7-21-11/h7H,4-6H2,1-3H3,(H2,15,20)(H,16,19). The fraction of sp³-hybridized carbons (Fsp3) is 0.429. The van der Waals surface area contributed by atoms with Gasteiger partial charge in [0.2, 0.25) is 0 Å². The molecule has 0 atom stereocenters. The van der Waals surface area contributed by atoms with Crippen LogP contribution in [-0.2, 0) is 19.4 Å². The third kappa shape index (κ3) is 3.36. The number of aromatic nitrogens is 3. The van der Waals surface area contributed by atoms with Crippen LogP contribution in [0.5, 0.6) is 0 Å². The Balaban J connectivity index is 2.34. The maximum Gasteiger partial charge on any atom is 0.159 e. The Morgan fingerprint density at radius 3 is 2.62 bits per heavy atom. The molecule has 2 rings (SSSR count). The predicted octanol–water partition coefficient (Wildman–Crippen LogP) is 2.61. The van der Waals surface area contributed by atoms with Gasteiger partial charge < -0.3 is 11.1 Å². The van der Waals surface area contributed by atoms with E-state index in [9.17, 15) is 0 Å². The SMILES string of the molecule is CCc1nnc(NCc2scnc2C)c(C(N)=S)c1CC. The Hall–Kier alpha value is -1.60. The Labute approximate surface area is 134 Å². The minimum atomic E-state index is 0.361. The molecule has 0 fully saturated rings. The number of hydrogen-bond acceptors (Lipinski definition) is 6. The maximum absolute atomic E-state index is 5.91. The quantitative estimate of drug-likeness (QED) is 0.797. The molecule has 2 heterocycles. The summed E-state index contributed by atoms with van der Waals surface area (Å²) in [6, 6.07) is 0. The summed E-state index contributed by atoms with van der Waals surface area (Å²) in [5.74, 6) is 0.657. The zero-order valence-corrected chi connectivity index (χ0v) is 14.1. The number of nitrogens with zero attached hydrogens (tertiary/aromatic N) is 3. The van der Waals surface area contributed by atoms with Gasteiger partial charge in [0.05, 0.1) is 29.0 Å². The van der Waals surface area contributed by atoms with Crippen molar-refractivity contribution < 1.29 is 0 Å². The largest absolute Gasteiger partial charge is 0.389 e. The van der Waals surface area contributed by atoms with E-state index < -0.39 is 0 Å². The van der Waals surface area contributed by atoms with Crippen molar-refractivity contribution in [1.29, 1.82) is 0 Å². The van der Waals surface area contributed by atoms with E-state index in [4.69, 9.17) is 18.0 Å². The lowest BCUT2D eigenvalue weighted by molar-refractivity contribution is 0.871. The van der Waals surface area contributed by atoms with Crippen molar-refractivity contribution in [3.05, 3.63) is 32.9 Å². The summed E-state index contributed by atoms with van der Waals surface area (Å²) in [6.45, 7) is 6.77. The second kappa shape index (κ2) is 6.91. The van der Waals surface area contributed by atoms with E-state index in [-0.39, 0.29) is 0 Å². The molecule has 2 aromatic heterocycles. The van der Waals surface area contributed by atoms with Gasteiger partial charge in [-0.1, -0.05) is 26.1 Å². The number of thiocarbonyl (C=S) groups is 1. The van der Waals surface area contributed by atoms with Crippen LogP contribution < -0.4 is 11.1 Å². The molecule has 21 heavy (non-hydrogen) atoms. The van der Waals surface area contributed by atoms with Gasteiger partial charge in [0, 0.05) is 4.88 Å². The van der Waals surface area contributed by atoms with E-state index in [1.54, 1.807) is 11.3 Å². The third-order valence-electron chi connectivity index (χ3n) is 3.35. The highest BCUT2D eigenvalue weighted by Gasteiger charge is 2.16. The summed E-state index contributed by atoms with van der Waals surface area (Å²) in [6.07, 6.45) is 1.65. The number of aryl methyl sites for hydroxylation is 2. The first kappa shape index (κ1) is 15.8. The normalized spacial score (nSPS) is 10.6. The lowest BCUT2D eigenvalue weighted by Crippen LogP contribution is -2.19. The summed E-state index contributed by atoms with van der Waals surface area (Å²) in [7, 11) is 0. The minimum Gasteiger partial charge on any atom is -0.389 e. The summed E-state index contributed by atoms with van der Waals surface area (Å²) < 4.78 is 0. The Kier molecular flexibility index (Phi) is 5.19. The molecule has 0 saturated heterocycles. The molecule has 0 aliphatic carbocycles. The molecular weight excluding hydrogens is 302 g/mol. The minimum absolute atomic E-state index is 0.361. The van der Waals surface area contributed by atoms with Crippen LogP contribution in [0.1, 0.15) is 41.2 Å². The Bertz CT molecular complexity index is 651. The first-order valence-electron chi connectivity index (χ1n) is 6.89. The average Bonchev–Trinajstić information content (AvgIpc) is 2.88. The van der Waals surface area contributed by atoms with Gasteiger partial charge in [-0.3, -0.25) is 0 Å². The molecule has 0 aliphatic heterocycles. The summed E-state index contributed by atoms with van der Waals surface area (Å²) >= 11 is 6.83. The van der Waals surface area contributed by atoms with E-state index in [1.165, 1.54) is 4.88 Å². The van der Waals surface area contributed by atoms with Gasteiger partial charge in [0.15, 0.2) is 5.82 Å². The lowest BCUT2D eigenvalue weighted by atomic mass is 10.0. The summed E-state index contributed by atoms with van der Waals surface area (Å²) in [5, 5.41) is 11.9. The number of thiazole rings is 1. The van der Waals surface area contributed by atoms with Crippen LogP contribution in [0.3, 0.4) is 0 Å². The number of nitrogens with one attached hydrogen (secondary N) is 1. The molecule has 0 bridgehead atoms. The van der Waals surface area contributed by atoms with E-state index >= 15 is 0 Å². The average molecular weight is 321 g/mol. The molecule has 0 aromatic carbocycles. The van der Waals surface area contributed by atoms with Crippen molar-refractivity contribution in [3.63, 3.8) is 0 Å². The van der Waals surface area contributed by atoms with Crippen LogP contribution in [0, 0.1) is 6.92 Å². The van der Waals surface area contributed by atoms with Crippen molar-refractivity contribution in [2.75, 3.05) is 5.32 Å². The van der Waals surface area contributed by atoms with Gasteiger partial charge in [-0.05, 0) is 25.3 Å². The molecule has 0 unspecified atom stereocenters. The summed E-state index contributed by atoms with van der Waals surface area (Å²) in [4.78, 5) is 5.77. The van der Waals surface area contributed by atoms with Crippen molar-refractivity contribution >= 4 is 34.4 Å². The molecule has 7 heteroatoms. The first-order chi connectivity index (χ1) is 10.1. The smallest absolute Gasteiger partial charge is 0.159 e. The predicted molar refractivity (Wildman–Crippen MR) is 90.9 cm³/mol. The monoisotopic (exact) mass is 321 g/mol. The molecule has 5 nitrogen and oxygen atoms in total. The van der Waals surface area contributed by atoms with E-state index in [2.05, 4.69) is 34.3 Å². The topological polar surface area (TPSA) is 76.7 Å². The number of hydrogen-bond donors (Lipinski definition) is 2. The van der Waals surface area contributed by atoms with Gasteiger partial charge in [-0.15, -0.1) is 16.4 Å². The second-order valence-electron chi connectivity index (χ2n) is 4.63. The third-order valence-corrected chi connectivity index (χ3v) is 4.49. The Morgan fingerprint density at radius 1 is 1.33 bits per heavy atom. The molecule has 2 aromatic rings. The molecule has 0 amide bonds. The molecule has 0 radical (unpaired) electrons. The number of nitrogens with two attached hydrogens (primary N) is 1. The van der Waals surface area contributed by atoms with Crippen molar-refractivity contribution in [3.8, 4) is 0 Å². The molecule has 0 aliphatic rings. The fourth-order valence-corrected chi connectivity index (χ4v) is 3.16. The van der Waals surface area contributed by atoms with Crippen molar-refractivity contribution in [2.24, 2.45) is 5.73 Å². The highest BCUT2D eigenvalue weighted by molar-refractivity contribution is 7.80. The Morgan fingerprint density at radius 2 is 2.10 bits per heavy atom. The number of anilines is 1. The molecule has 0 spiro atoms. The molecular formula is C14H19N5S2. The molecule has 3 N–H and O–H groups in total. The fourth-order valence-electron chi connectivity index (χ4n) is 2.22. The van der Waals surface area contributed by atoms with Gasteiger partial charge >= 0.3 is 0 Å². The van der Waals surface area contributed by atoms with Crippen LogP contribution in [0.2, 0.25) is 0 Å². The van der Waals surface area contributed by atoms with Gasteiger partial charge in [0.1, 0.15) is 4.99 Å². The van der Waals surface area contributed by atoms with Crippen molar-refractivity contribution in [2.45, 2.75) is 40.2 Å². The van der Waals surface area contributed by atoms with Crippen LogP contribution in [-0.4, -0.2) is 20.2 Å². The van der Waals surface area contributed by atoms with Crippen LogP contribution in [0.4, 0.5) is 5.82 Å².